The van der Waals surface area contributed by atoms with Gasteiger partial charge in [0.25, 0.3) is 0 Å². The predicted molar refractivity (Wildman–Crippen MR) is 83.1 cm³/mol. The van der Waals surface area contributed by atoms with Crippen LogP contribution in [-0.4, -0.2) is 16.8 Å². The Morgan fingerprint density at radius 1 is 1.30 bits per heavy atom. The molecule has 2 rings (SSSR count). The van der Waals surface area contributed by atoms with Gasteiger partial charge in [-0.2, -0.15) is 0 Å². The van der Waals surface area contributed by atoms with E-state index in [2.05, 4.69) is 19.1 Å². The van der Waals surface area contributed by atoms with E-state index in [9.17, 15) is 4.79 Å². The Hall–Kier alpha value is -1.83. The van der Waals surface area contributed by atoms with Crippen molar-refractivity contribution in [2.24, 2.45) is 5.92 Å². The van der Waals surface area contributed by atoms with Crippen molar-refractivity contribution in [2.75, 3.05) is 0 Å². The van der Waals surface area contributed by atoms with E-state index in [0.717, 1.165) is 0 Å². The zero-order valence-corrected chi connectivity index (χ0v) is 12.3. The van der Waals surface area contributed by atoms with Crippen LogP contribution in [0.25, 0.3) is 0 Å². The molecule has 0 saturated heterocycles. The second kappa shape index (κ2) is 7.09. The summed E-state index contributed by atoms with van der Waals surface area (Å²) in [6.45, 7) is 4.81. The molecule has 1 aliphatic carbocycles. The fourth-order valence-corrected chi connectivity index (χ4v) is 2.38. The van der Waals surface area contributed by atoms with Crippen molar-refractivity contribution in [2.45, 2.75) is 39.3 Å². The molecule has 1 unspecified atom stereocenters. The minimum absolute atomic E-state index is 0.103. The highest BCUT2D eigenvalue weighted by Gasteiger charge is 2.33. The predicted octanol–water partition coefficient (Wildman–Crippen LogP) is 3.95. The fourth-order valence-electron chi connectivity index (χ4n) is 2.38. The Labute approximate surface area is 121 Å². The van der Waals surface area contributed by atoms with Crippen LogP contribution in [0, 0.1) is 5.92 Å². The van der Waals surface area contributed by atoms with Crippen LogP contribution in [0.15, 0.2) is 54.6 Å². The lowest BCUT2D eigenvalue weighted by molar-refractivity contribution is -0.129. The van der Waals surface area contributed by atoms with Gasteiger partial charge in [-0.1, -0.05) is 48.6 Å². The van der Waals surface area contributed by atoms with Gasteiger partial charge in [-0.05, 0) is 38.2 Å². The number of rotatable bonds is 6. The van der Waals surface area contributed by atoms with E-state index >= 15 is 0 Å². The number of allylic oxidation sites excluding steroid dienone is 3. The molecule has 0 N–H and O–H groups in total. The number of hydrogen-bond donors (Lipinski definition) is 0. The molecule has 1 aromatic carbocycles. The number of benzene rings is 1. The molecule has 2 nitrogen and oxygen atoms in total. The average Bonchev–Trinajstić information content (AvgIpc) is 3.30. The molecule has 0 spiro atoms. The first-order chi connectivity index (χ1) is 9.72. The minimum atomic E-state index is 0.103. The SMILES string of the molecule is C/C=C/C=C/C(=O)N(Cc1ccccc1)C(C)C1CC1. The molecule has 1 atom stereocenters. The molecule has 0 radical (unpaired) electrons. The van der Waals surface area contributed by atoms with Gasteiger partial charge in [0.1, 0.15) is 0 Å². The van der Waals surface area contributed by atoms with Gasteiger partial charge in [-0.15, -0.1) is 0 Å². The first-order valence-corrected chi connectivity index (χ1v) is 7.36. The van der Waals surface area contributed by atoms with E-state index in [4.69, 9.17) is 0 Å². The third-order valence-corrected chi connectivity index (χ3v) is 3.82. The maximum atomic E-state index is 12.4. The Morgan fingerprint density at radius 3 is 2.60 bits per heavy atom. The largest absolute Gasteiger partial charge is 0.332 e. The summed E-state index contributed by atoms with van der Waals surface area (Å²) in [4.78, 5) is 14.4. The zero-order chi connectivity index (χ0) is 14.4. The van der Waals surface area contributed by atoms with Gasteiger partial charge in [0, 0.05) is 18.7 Å². The molecule has 0 aliphatic heterocycles. The lowest BCUT2D eigenvalue weighted by atomic mass is 10.1. The highest BCUT2D eigenvalue weighted by molar-refractivity contribution is 5.88. The summed E-state index contributed by atoms with van der Waals surface area (Å²) in [5.41, 5.74) is 1.19. The third kappa shape index (κ3) is 4.09. The summed E-state index contributed by atoms with van der Waals surface area (Å²) >= 11 is 0. The molecule has 106 valence electrons. The van der Waals surface area contributed by atoms with Gasteiger partial charge in [-0.3, -0.25) is 4.79 Å². The van der Waals surface area contributed by atoms with Crippen LogP contribution in [-0.2, 0) is 11.3 Å². The summed E-state index contributed by atoms with van der Waals surface area (Å²) in [6, 6.07) is 10.5. The number of carbonyl (C=O) groups is 1. The molecule has 0 bridgehead atoms. The Bertz CT molecular complexity index is 485. The Kier molecular flexibility index (Phi) is 5.16. The Balaban J connectivity index is 2.09. The topological polar surface area (TPSA) is 20.3 Å². The maximum absolute atomic E-state index is 12.4. The molecule has 0 heterocycles. The normalized spacial score (nSPS) is 16.7. The minimum Gasteiger partial charge on any atom is -0.332 e. The molecule has 20 heavy (non-hydrogen) atoms. The van der Waals surface area contributed by atoms with Gasteiger partial charge >= 0.3 is 0 Å². The van der Waals surface area contributed by atoms with E-state index in [1.807, 2.05) is 48.3 Å². The lowest BCUT2D eigenvalue weighted by Crippen LogP contribution is -2.38. The molecular weight excluding hydrogens is 246 g/mol. The standard InChI is InChI=1S/C18H23NO/c1-3-4-6-11-18(20)19(15(2)17-12-13-17)14-16-9-7-5-8-10-16/h3-11,15,17H,12-14H2,1-2H3/b4-3+,11-6+. The molecule has 1 amide bonds. The van der Waals surface area contributed by atoms with E-state index < -0.39 is 0 Å². The quantitative estimate of drug-likeness (QED) is 0.565. The number of nitrogens with zero attached hydrogens (tertiary/aromatic N) is 1. The van der Waals surface area contributed by atoms with Crippen LogP contribution in [0.5, 0.6) is 0 Å². The zero-order valence-electron chi connectivity index (χ0n) is 12.3. The highest BCUT2D eigenvalue weighted by Crippen LogP contribution is 2.35. The van der Waals surface area contributed by atoms with Crippen LogP contribution in [0.1, 0.15) is 32.3 Å². The van der Waals surface area contributed by atoms with Crippen molar-refractivity contribution in [1.29, 1.82) is 0 Å². The van der Waals surface area contributed by atoms with E-state index in [-0.39, 0.29) is 5.91 Å². The molecule has 1 fully saturated rings. The van der Waals surface area contributed by atoms with Crippen molar-refractivity contribution in [3.63, 3.8) is 0 Å². The van der Waals surface area contributed by atoms with Gasteiger partial charge in [0.15, 0.2) is 0 Å². The van der Waals surface area contributed by atoms with Crippen molar-refractivity contribution in [1.82, 2.24) is 4.90 Å². The number of hydrogen-bond acceptors (Lipinski definition) is 1. The van der Waals surface area contributed by atoms with Crippen molar-refractivity contribution >= 4 is 5.91 Å². The molecule has 2 heteroatoms. The first kappa shape index (κ1) is 14.6. The molecular formula is C18H23NO. The first-order valence-electron chi connectivity index (χ1n) is 7.36. The van der Waals surface area contributed by atoms with Crippen LogP contribution >= 0.6 is 0 Å². The van der Waals surface area contributed by atoms with Crippen LogP contribution in [0.2, 0.25) is 0 Å². The van der Waals surface area contributed by atoms with Crippen LogP contribution in [0.4, 0.5) is 0 Å². The third-order valence-electron chi connectivity index (χ3n) is 3.82. The van der Waals surface area contributed by atoms with Gasteiger partial charge in [0.05, 0.1) is 0 Å². The van der Waals surface area contributed by atoms with Crippen LogP contribution < -0.4 is 0 Å². The molecule has 1 aliphatic rings. The molecule has 1 saturated carbocycles. The molecule has 1 aromatic rings. The van der Waals surface area contributed by atoms with Gasteiger partial charge < -0.3 is 4.90 Å². The summed E-state index contributed by atoms with van der Waals surface area (Å²) in [7, 11) is 0. The second-order valence-corrected chi connectivity index (χ2v) is 5.41. The van der Waals surface area contributed by atoms with Gasteiger partial charge in [0.2, 0.25) is 5.91 Å². The second-order valence-electron chi connectivity index (χ2n) is 5.41. The van der Waals surface area contributed by atoms with Crippen molar-refractivity contribution in [3.05, 3.63) is 60.2 Å². The van der Waals surface area contributed by atoms with Gasteiger partial charge in [-0.25, -0.2) is 0 Å². The summed E-state index contributed by atoms with van der Waals surface area (Å²) < 4.78 is 0. The average molecular weight is 269 g/mol. The van der Waals surface area contributed by atoms with Crippen molar-refractivity contribution in [3.8, 4) is 0 Å². The monoisotopic (exact) mass is 269 g/mol. The summed E-state index contributed by atoms with van der Waals surface area (Å²) in [5, 5.41) is 0. The van der Waals surface area contributed by atoms with E-state index in [1.54, 1.807) is 6.08 Å². The fraction of sp³-hybridized carbons (Fsp3) is 0.389. The smallest absolute Gasteiger partial charge is 0.247 e. The lowest BCUT2D eigenvalue weighted by Gasteiger charge is -2.28. The number of carbonyl (C=O) groups excluding carboxylic acids is 1. The summed E-state index contributed by atoms with van der Waals surface area (Å²) in [5.74, 6) is 0.782. The van der Waals surface area contributed by atoms with E-state index in [0.29, 0.717) is 18.5 Å². The van der Waals surface area contributed by atoms with Crippen LogP contribution in [0.3, 0.4) is 0 Å². The maximum Gasteiger partial charge on any atom is 0.247 e. The summed E-state index contributed by atoms with van der Waals surface area (Å²) in [6.07, 6.45) is 9.80. The van der Waals surface area contributed by atoms with E-state index in [1.165, 1.54) is 18.4 Å². The Morgan fingerprint density at radius 2 is 2.00 bits per heavy atom. The molecule has 0 aromatic heterocycles. The highest BCUT2D eigenvalue weighted by atomic mass is 16.2. The number of amides is 1. The van der Waals surface area contributed by atoms with Crippen molar-refractivity contribution < 1.29 is 4.79 Å².